The van der Waals surface area contributed by atoms with Crippen molar-refractivity contribution in [3.05, 3.63) is 29.3 Å². The molecule has 0 aromatic heterocycles. The van der Waals surface area contributed by atoms with Gasteiger partial charge in [0.1, 0.15) is 5.75 Å². The molecule has 1 aromatic carbocycles. The van der Waals surface area contributed by atoms with E-state index in [4.69, 9.17) is 4.74 Å². The van der Waals surface area contributed by atoms with Crippen molar-refractivity contribution < 1.29 is 9.84 Å². The summed E-state index contributed by atoms with van der Waals surface area (Å²) in [5, 5.41) is 9.25. The summed E-state index contributed by atoms with van der Waals surface area (Å²) in [7, 11) is 0. The minimum Gasteiger partial charge on any atom is -0.493 e. The lowest BCUT2D eigenvalue weighted by atomic mass is 9.93. The van der Waals surface area contributed by atoms with Crippen LogP contribution < -0.4 is 4.74 Å². The molecule has 1 rings (SSSR count). The second-order valence-corrected chi connectivity index (χ2v) is 4.44. The molecule has 0 heterocycles. The molecule has 0 fully saturated rings. The van der Waals surface area contributed by atoms with Gasteiger partial charge in [0.15, 0.2) is 0 Å². The van der Waals surface area contributed by atoms with E-state index in [9.17, 15) is 5.11 Å². The van der Waals surface area contributed by atoms with Gasteiger partial charge in [-0.3, -0.25) is 0 Å². The highest BCUT2D eigenvalue weighted by atomic mass is 16.5. The Kier molecular flexibility index (Phi) is 4.81. The van der Waals surface area contributed by atoms with Gasteiger partial charge < -0.3 is 9.84 Å². The molecule has 1 N–H and O–H groups in total. The van der Waals surface area contributed by atoms with Gasteiger partial charge in [-0.15, -0.1) is 0 Å². The highest BCUT2D eigenvalue weighted by Crippen LogP contribution is 2.34. The molecule has 0 aliphatic rings. The lowest BCUT2D eigenvalue weighted by Crippen LogP contribution is -2.06. The highest BCUT2D eigenvalue weighted by Gasteiger charge is 2.16. The van der Waals surface area contributed by atoms with Crippen LogP contribution in [0, 0.1) is 0 Å². The third-order valence-corrected chi connectivity index (χ3v) is 2.79. The molecule has 0 amide bonds. The fraction of sp³-hybridized carbons (Fsp3) is 0.571. The Morgan fingerprint density at radius 3 is 2.31 bits per heavy atom. The second kappa shape index (κ2) is 5.90. The van der Waals surface area contributed by atoms with Crippen molar-refractivity contribution in [2.45, 2.75) is 39.5 Å². The molecule has 0 aliphatic carbocycles. The molecule has 0 bridgehead atoms. The monoisotopic (exact) mass is 222 g/mol. The summed E-state index contributed by atoms with van der Waals surface area (Å²) in [4.78, 5) is 0. The van der Waals surface area contributed by atoms with Gasteiger partial charge >= 0.3 is 0 Å². The van der Waals surface area contributed by atoms with E-state index in [0.717, 1.165) is 11.3 Å². The Morgan fingerprint density at radius 2 is 1.81 bits per heavy atom. The molecule has 1 unspecified atom stereocenters. The van der Waals surface area contributed by atoms with Crippen LogP contribution >= 0.6 is 0 Å². The minimum atomic E-state index is 0.125. The molecule has 2 nitrogen and oxygen atoms in total. The molecule has 0 aliphatic heterocycles. The van der Waals surface area contributed by atoms with Gasteiger partial charge in [0.25, 0.3) is 0 Å². The molecule has 1 atom stereocenters. The van der Waals surface area contributed by atoms with E-state index < -0.39 is 0 Å². The van der Waals surface area contributed by atoms with Gasteiger partial charge in [0, 0.05) is 12.5 Å². The van der Waals surface area contributed by atoms with Crippen LogP contribution in [-0.4, -0.2) is 18.3 Å². The third kappa shape index (κ3) is 2.76. The number of aliphatic hydroxyl groups is 1. The number of hydrogen-bond donors (Lipinski definition) is 1. The first-order valence-electron chi connectivity index (χ1n) is 5.98. The first kappa shape index (κ1) is 13.0. The second-order valence-electron chi connectivity index (χ2n) is 4.44. The van der Waals surface area contributed by atoms with Gasteiger partial charge in [-0.25, -0.2) is 0 Å². The molecule has 2 heteroatoms. The Hall–Kier alpha value is -1.02. The van der Waals surface area contributed by atoms with Crippen LogP contribution in [0.4, 0.5) is 0 Å². The first-order chi connectivity index (χ1) is 7.61. The van der Waals surface area contributed by atoms with Crippen molar-refractivity contribution in [3.63, 3.8) is 0 Å². The van der Waals surface area contributed by atoms with Gasteiger partial charge in [-0.1, -0.05) is 39.0 Å². The van der Waals surface area contributed by atoms with Crippen molar-refractivity contribution in [1.82, 2.24) is 0 Å². The summed E-state index contributed by atoms with van der Waals surface area (Å²) in [5.41, 5.74) is 2.33. The first-order valence-corrected chi connectivity index (χ1v) is 5.98. The summed E-state index contributed by atoms with van der Waals surface area (Å²) < 4.78 is 5.74. The van der Waals surface area contributed by atoms with Crippen LogP contribution in [0.25, 0.3) is 0 Å². The number of aliphatic hydroxyl groups excluding tert-OH is 1. The SMILES string of the molecule is CCOc1c(C(C)C)cccc1C(C)CO. The molecular formula is C14H22O2. The predicted octanol–water partition coefficient (Wildman–Crippen LogP) is 3.30. The van der Waals surface area contributed by atoms with E-state index in [-0.39, 0.29) is 12.5 Å². The zero-order valence-electron chi connectivity index (χ0n) is 10.7. The Morgan fingerprint density at radius 1 is 1.19 bits per heavy atom. The molecular weight excluding hydrogens is 200 g/mol. The quantitative estimate of drug-likeness (QED) is 0.828. The van der Waals surface area contributed by atoms with Gasteiger partial charge in [0.2, 0.25) is 0 Å². The van der Waals surface area contributed by atoms with E-state index >= 15 is 0 Å². The van der Waals surface area contributed by atoms with Crippen molar-refractivity contribution in [2.24, 2.45) is 0 Å². The maximum absolute atomic E-state index is 9.25. The van der Waals surface area contributed by atoms with E-state index in [0.29, 0.717) is 12.5 Å². The normalized spacial score (nSPS) is 12.9. The van der Waals surface area contributed by atoms with E-state index in [1.807, 2.05) is 26.0 Å². The molecule has 0 spiro atoms. The summed E-state index contributed by atoms with van der Waals surface area (Å²) in [6.45, 7) is 9.14. The van der Waals surface area contributed by atoms with E-state index in [1.165, 1.54) is 5.56 Å². The van der Waals surface area contributed by atoms with Crippen molar-refractivity contribution in [2.75, 3.05) is 13.2 Å². The number of para-hydroxylation sites is 1. The lowest BCUT2D eigenvalue weighted by Gasteiger charge is -2.20. The summed E-state index contributed by atoms with van der Waals surface area (Å²) in [5.74, 6) is 1.52. The largest absolute Gasteiger partial charge is 0.493 e. The van der Waals surface area contributed by atoms with Crippen LogP contribution in [0.2, 0.25) is 0 Å². The van der Waals surface area contributed by atoms with Crippen molar-refractivity contribution in [1.29, 1.82) is 0 Å². The minimum absolute atomic E-state index is 0.125. The maximum atomic E-state index is 9.25. The van der Waals surface area contributed by atoms with Crippen LogP contribution in [-0.2, 0) is 0 Å². The number of ether oxygens (including phenoxy) is 1. The van der Waals surface area contributed by atoms with Gasteiger partial charge in [-0.05, 0) is 24.0 Å². The number of benzene rings is 1. The fourth-order valence-electron chi connectivity index (χ4n) is 1.83. The Labute approximate surface area is 98.3 Å². The zero-order valence-corrected chi connectivity index (χ0v) is 10.7. The average Bonchev–Trinajstić information content (AvgIpc) is 2.28. The van der Waals surface area contributed by atoms with Gasteiger partial charge in [0.05, 0.1) is 6.61 Å². The van der Waals surface area contributed by atoms with Crippen LogP contribution in [0.15, 0.2) is 18.2 Å². The average molecular weight is 222 g/mol. The van der Waals surface area contributed by atoms with E-state index in [2.05, 4.69) is 19.9 Å². The molecule has 90 valence electrons. The fourth-order valence-corrected chi connectivity index (χ4v) is 1.83. The van der Waals surface area contributed by atoms with E-state index in [1.54, 1.807) is 0 Å². The summed E-state index contributed by atoms with van der Waals surface area (Å²) >= 11 is 0. The third-order valence-electron chi connectivity index (χ3n) is 2.79. The Balaban J connectivity index is 3.20. The molecule has 1 aromatic rings. The zero-order chi connectivity index (χ0) is 12.1. The molecule has 0 saturated carbocycles. The molecule has 0 saturated heterocycles. The predicted molar refractivity (Wildman–Crippen MR) is 67.2 cm³/mol. The Bertz CT molecular complexity index is 332. The highest BCUT2D eigenvalue weighted by molar-refractivity contribution is 5.45. The number of hydrogen-bond acceptors (Lipinski definition) is 2. The van der Waals surface area contributed by atoms with Crippen LogP contribution in [0.1, 0.15) is 50.7 Å². The topological polar surface area (TPSA) is 29.5 Å². The number of rotatable bonds is 5. The van der Waals surface area contributed by atoms with Gasteiger partial charge in [-0.2, -0.15) is 0 Å². The van der Waals surface area contributed by atoms with Crippen molar-refractivity contribution >= 4 is 0 Å². The summed E-state index contributed by atoms with van der Waals surface area (Å²) in [6, 6.07) is 6.18. The maximum Gasteiger partial charge on any atom is 0.126 e. The molecule has 16 heavy (non-hydrogen) atoms. The summed E-state index contributed by atoms with van der Waals surface area (Å²) in [6.07, 6.45) is 0. The van der Waals surface area contributed by atoms with Crippen molar-refractivity contribution in [3.8, 4) is 5.75 Å². The standard InChI is InChI=1S/C14H22O2/c1-5-16-14-12(10(2)3)7-6-8-13(14)11(4)9-15/h6-8,10-11,15H,5,9H2,1-4H3. The molecule has 0 radical (unpaired) electrons. The van der Waals surface area contributed by atoms with Crippen LogP contribution in [0.5, 0.6) is 5.75 Å². The smallest absolute Gasteiger partial charge is 0.126 e. The lowest BCUT2D eigenvalue weighted by molar-refractivity contribution is 0.266. The van der Waals surface area contributed by atoms with Crippen LogP contribution in [0.3, 0.4) is 0 Å².